The minimum atomic E-state index is -3.80. The van der Waals surface area contributed by atoms with Crippen molar-refractivity contribution in [1.82, 2.24) is 10.0 Å². The van der Waals surface area contributed by atoms with Crippen LogP contribution in [-0.2, 0) is 16.4 Å². The van der Waals surface area contributed by atoms with E-state index in [-0.39, 0.29) is 28.4 Å². The highest BCUT2D eigenvalue weighted by Gasteiger charge is 2.27. The minimum Gasteiger partial charge on any atom is -0.496 e. The van der Waals surface area contributed by atoms with E-state index < -0.39 is 10.0 Å². The van der Waals surface area contributed by atoms with E-state index in [2.05, 4.69) is 10.0 Å². The van der Waals surface area contributed by atoms with Gasteiger partial charge in [-0.2, -0.15) is 0 Å². The van der Waals surface area contributed by atoms with E-state index in [4.69, 9.17) is 4.74 Å². The molecule has 150 valence electrons. The third-order valence-electron chi connectivity index (χ3n) is 4.81. The molecule has 1 atom stereocenters. The van der Waals surface area contributed by atoms with Crippen LogP contribution < -0.4 is 14.8 Å². The van der Waals surface area contributed by atoms with E-state index in [1.54, 1.807) is 0 Å². The van der Waals surface area contributed by atoms with Gasteiger partial charge in [-0.05, 0) is 62.4 Å². The van der Waals surface area contributed by atoms with Crippen molar-refractivity contribution in [2.24, 2.45) is 0 Å². The van der Waals surface area contributed by atoms with Gasteiger partial charge in [0.1, 0.15) is 5.75 Å². The predicted molar refractivity (Wildman–Crippen MR) is 108 cm³/mol. The molecule has 0 saturated heterocycles. The van der Waals surface area contributed by atoms with Gasteiger partial charge in [0, 0.05) is 12.1 Å². The Morgan fingerprint density at radius 2 is 1.93 bits per heavy atom. The molecule has 2 N–H and O–H groups in total. The lowest BCUT2D eigenvalue weighted by Crippen LogP contribution is -2.32. The van der Waals surface area contributed by atoms with E-state index in [1.165, 1.54) is 30.9 Å². The highest BCUT2D eigenvalue weighted by molar-refractivity contribution is 7.89. The van der Waals surface area contributed by atoms with E-state index in [0.717, 1.165) is 24.8 Å². The van der Waals surface area contributed by atoms with Gasteiger partial charge < -0.3 is 10.1 Å². The molecule has 1 aliphatic rings. The fraction of sp³-hybridized carbons (Fsp3) is 0.381. The Morgan fingerprint density at radius 1 is 1.18 bits per heavy atom. The molecule has 0 aromatic heterocycles. The molecule has 6 nitrogen and oxygen atoms in total. The average Bonchev–Trinajstić information content (AvgIpc) is 2.67. The van der Waals surface area contributed by atoms with Gasteiger partial charge in [-0.1, -0.05) is 24.3 Å². The number of amides is 1. The van der Waals surface area contributed by atoms with Crippen LogP contribution in [-0.4, -0.2) is 27.5 Å². The van der Waals surface area contributed by atoms with Crippen molar-refractivity contribution in [3.8, 4) is 5.75 Å². The molecule has 2 aromatic rings. The summed E-state index contributed by atoms with van der Waals surface area (Å²) in [5, 5.41) is 2.77. The summed E-state index contributed by atoms with van der Waals surface area (Å²) in [5.41, 5.74) is 2.39. The Morgan fingerprint density at radius 3 is 2.64 bits per heavy atom. The van der Waals surface area contributed by atoms with E-state index in [1.807, 2.05) is 38.1 Å². The average molecular weight is 403 g/mol. The second-order valence-electron chi connectivity index (χ2n) is 7.26. The third-order valence-corrected chi connectivity index (χ3v) is 6.28. The summed E-state index contributed by atoms with van der Waals surface area (Å²) in [4.78, 5) is 12.5. The lowest BCUT2D eigenvalue weighted by atomic mass is 9.88. The third kappa shape index (κ3) is 4.36. The van der Waals surface area contributed by atoms with Gasteiger partial charge in [-0.15, -0.1) is 0 Å². The number of carbonyl (C=O) groups is 1. The van der Waals surface area contributed by atoms with Crippen molar-refractivity contribution in [2.45, 2.75) is 50.1 Å². The molecular weight excluding hydrogens is 376 g/mol. The van der Waals surface area contributed by atoms with Crippen LogP contribution >= 0.6 is 0 Å². The van der Waals surface area contributed by atoms with Crippen molar-refractivity contribution < 1.29 is 17.9 Å². The number of methoxy groups -OCH3 is 1. The molecule has 28 heavy (non-hydrogen) atoms. The number of aryl methyl sites for hydroxylation is 1. The normalized spacial score (nSPS) is 16.5. The van der Waals surface area contributed by atoms with Gasteiger partial charge in [-0.25, -0.2) is 13.1 Å². The summed E-state index contributed by atoms with van der Waals surface area (Å²) in [5.74, 6) is -0.0352. The molecule has 1 amide bonds. The largest absolute Gasteiger partial charge is 0.496 e. The number of hydrogen-bond donors (Lipinski definition) is 2. The first-order valence-corrected chi connectivity index (χ1v) is 10.9. The summed E-state index contributed by atoms with van der Waals surface area (Å²) < 4.78 is 34.1. The Kier molecular flexibility index (Phi) is 6.05. The van der Waals surface area contributed by atoms with E-state index >= 15 is 0 Å². The first-order valence-electron chi connectivity index (χ1n) is 9.41. The zero-order chi connectivity index (χ0) is 20.3. The van der Waals surface area contributed by atoms with Crippen LogP contribution in [0.15, 0.2) is 47.4 Å². The lowest BCUT2D eigenvalue weighted by Gasteiger charge is -2.26. The number of hydrogen-bond acceptors (Lipinski definition) is 4. The number of rotatable bonds is 6. The Balaban J connectivity index is 1.91. The summed E-state index contributed by atoms with van der Waals surface area (Å²) in [6.45, 7) is 3.68. The van der Waals surface area contributed by atoms with Crippen LogP contribution in [0.3, 0.4) is 0 Å². The number of ether oxygens (including phenoxy) is 1. The van der Waals surface area contributed by atoms with Crippen LogP contribution in [0.25, 0.3) is 0 Å². The first kappa shape index (κ1) is 20.4. The maximum atomic E-state index is 13.0. The van der Waals surface area contributed by atoms with Crippen molar-refractivity contribution in [1.29, 1.82) is 0 Å². The second kappa shape index (κ2) is 8.32. The highest BCUT2D eigenvalue weighted by atomic mass is 32.2. The summed E-state index contributed by atoms with van der Waals surface area (Å²) in [6.07, 6.45) is 2.62. The van der Waals surface area contributed by atoms with Gasteiger partial charge in [0.25, 0.3) is 5.91 Å². The molecular formula is C21H26N2O4S. The number of carbonyl (C=O) groups excluding carboxylic acids is 1. The highest BCUT2D eigenvalue weighted by Crippen LogP contribution is 2.31. The Bertz CT molecular complexity index is 970. The molecule has 0 fully saturated rings. The SMILES string of the molecule is COc1ccc(S(=O)(=O)N[C@@H]2CCCc3ccccc32)cc1C(=O)NC(C)C. The van der Waals surface area contributed by atoms with Gasteiger partial charge >= 0.3 is 0 Å². The number of benzene rings is 2. The molecule has 7 heteroatoms. The number of nitrogens with one attached hydrogen (secondary N) is 2. The van der Waals surface area contributed by atoms with Crippen molar-refractivity contribution in [3.63, 3.8) is 0 Å². The number of sulfonamides is 1. The van der Waals surface area contributed by atoms with Crippen LogP contribution in [0, 0.1) is 0 Å². The molecule has 0 radical (unpaired) electrons. The van der Waals surface area contributed by atoms with E-state index in [0.29, 0.717) is 5.75 Å². The quantitative estimate of drug-likeness (QED) is 0.777. The van der Waals surface area contributed by atoms with Crippen LogP contribution in [0.1, 0.15) is 54.2 Å². The molecule has 0 unspecified atom stereocenters. The molecule has 0 spiro atoms. The fourth-order valence-electron chi connectivity index (χ4n) is 3.50. The van der Waals surface area contributed by atoms with Crippen molar-refractivity contribution in [2.75, 3.05) is 7.11 Å². The van der Waals surface area contributed by atoms with Crippen LogP contribution in [0.5, 0.6) is 5.75 Å². The van der Waals surface area contributed by atoms with Crippen molar-refractivity contribution in [3.05, 3.63) is 59.2 Å². The minimum absolute atomic E-state index is 0.0465. The van der Waals surface area contributed by atoms with Gasteiger partial charge in [0.15, 0.2) is 0 Å². The van der Waals surface area contributed by atoms with Crippen LogP contribution in [0.2, 0.25) is 0 Å². The summed E-state index contributed by atoms with van der Waals surface area (Å²) in [7, 11) is -2.35. The lowest BCUT2D eigenvalue weighted by molar-refractivity contribution is 0.0940. The standard InChI is InChI=1S/C21H26N2O4S/c1-14(2)22-21(24)18-13-16(11-12-20(18)27-3)28(25,26)23-19-10-6-8-15-7-4-5-9-17(15)19/h4-5,7,9,11-14,19,23H,6,8,10H2,1-3H3,(H,22,24)/t19-/m1/s1. The van der Waals surface area contributed by atoms with E-state index in [9.17, 15) is 13.2 Å². The fourth-order valence-corrected chi connectivity index (χ4v) is 4.78. The van der Waals surface area contributed by atoms with Gasteiger partial charge in [0.05, 0.1) is 17.6 Å². The summed E-state index contributed by atoms with van der Waals surface area (Å²) in [6, 6.07) is 11.9. The van der Waals surface area contributed by atoms with Gasteiger partial charge in [0.2, 0.25) is 10.0 Å². The monoisotopic (exact) mass is 402 g/mol. The molecule has 1 aliphatic carbocycles. The molecule has 3 rings (SSSR count). The second-order valence-corrected chi connectivity index (χ2v) is 8.97. The topological polar surface area (TPSA) is 84.5 Å². The molecule has 0 aliphatic heterocycles. The van der Waals surface area contributed by atoms with Gasteiger partial charge in [-0.3, -0.25) is 4.79 Å². The maximum absolute atomic E-state index is 13.0. The zero-order valence-electron chi connectivity index (χ0n) is 16.4. The van der Waals surface area contributed by atoms with Crippen molar-refractivity contribution >= 4 is 15.9 Å². The molecule has 2 aromatic carbocycles. The summed E-state index contributed by atoms with van der Waals surface area (Å²) >= 11 is 0. The first-order chi connectivity index (χ1) is 13.3. The zero-order valence-corrected chi connectivity index (χ0v) is 17.2. The predicted octanol–water partition coefficient (Wildman–Crippen LogP) is 3.19. The van der Waals surface area contributed by atoms with Crippen LogP contribution in [0.4, 0.5) is 0 Å². The molecule has 0 heterocycles. The number of fused-ring (bicyclic) bond motifs is 1. The molecule has 0 bridgehead atoms. The molecule has 0 saturated carbocycles. The smallest absolute Gasteiger partial charge is 0.255 e. The Labute approximate surface area is 166 Å². The maximum Gasteiger partial charge on any atom is 0.255 e. The Hall–Kier alpha value is -2.38.